The third-order valence-corrected chi connectivity index (χ3v) is 3.71. The Morgan fingerprint density at radius 3 is 2.74 bits per heavy atom. The van der Waals surface area contributed by atoms with Crippen molar-refractivity contribution in [3.05, 3.63) is 59.2 Å². The van der Waals surface area contributed by atoms with E-state index in [4.69, 9.17) is 9.47 Å². The molecule has 1 amide bonds. The van der Waals surface area contributed by atoms with E-state index < -0.39 is 6.04 Å². The van der Waals surface area contributed by atoms with Crippen LogP contribution < -0.4 is 14.8 Å². The molecule has 2 aromatic carbocycles. The first kappa shape index (κ1) is 14.9. The highest BCUT2D eigenvalue weighted by Gasteiger charge is 2.23. The molecular weight excluding hydrogens is 292 g/mol. The number of nitriles is 1. The minimum Gasteiger partial charge on any atom is -0.486 e. The summed E-state index contributed by atoms with van der Waals surface area (Å²) in [4.78, 5) is 12.6. The number of para-hydroxylation sites is 1. The average Bonchev–Trinajstić information content (AvgIpc) is 2.59. The molecular formula is C18H16N2O3. The van der Waals surface area contributed by atoms with E-state index in [-0.39, 0.29) is 5.91 Å². The third kappa shape index (κ3) is 2.97. The first-order valence-corrected chi connectivity index (χ1v) is 7.35. The van der Waals surface area contributed by atoms with Crippen LogP contribution in [0.3, 0.4) is 0 Å². The molecule has 1 atom stereocenters. The number of benzene rings is 2. The summed E-state index contributed by atoms with van der Waals surface area (Å²) in [5, 5.41) is 12.2. The van der Waals surface area contributed by atoms with Gasteiger partial charge in [-0.2, -0.15) is 5.26 Å². The van der Waals surface area contributed by atoms with Crippen LogP contribution in [-0.4, -0.2) is 19.1 Å². The van der Waals surface area contributed by atoms with E-state index in [0.717, 1.165) is 11.1 Å². The zero-order chi connectivity index (χ0) is 16.2. The van der Waals surface area contributed by atoms with Crippen LogP contribution in [0.25, 0.3) is 0 Å². The first-order valence-electron chi connectivity index (χ1n) is 7.35. The predicted octanol–water partition coefficient (Wildman–Crippen LogP) is 2.76. The van der Waals surface area contributed by atoms with Gasteiger partial charge in [-0.05, 0) is 30.2 Å². The highest BCUT2D eigenvalue weighted by Crippen LogP contribution is 2.33. The minimum atomic E-state index is -0.718. The smallest absolute Gasteiger partial charge is 0.256 e. The number of aryl methyl sites for hydroxylation is 1. The zero-order valence-electron chi connectivity index (χ0n) is 12.7. The second-order valence-corrected chi connectivity index (χ2v) is 5.22. The van der Waals surface area contributed by atoms with Crippen molar-refractivity contribution in [3.63, 3.8) is 0 Å². The van der Waals surface area contributed by atoms with E-state index in [9.17, 15) is 10.1 Å². The second-order valence-electron chi connectivity index (χ2n) is 5.22. The maximum absolute atomic E-state index is 12.6. The topological polar surface area (TPSA) is 71.4 Å². The van der Waals surface area contributed by atoms with Crippen molar-refractivity contribution in [1.29, 1.82) is 5.26 Å². The maximum Gasteiger partial charge on any atom is 0.256 e. The largest absolute Gasteiger partial charge is 0.486 e. The first-order chi connectivity index (χ1) is 11.2. The highest BCUT2D eigenvalue weighted by atomic mass is 16.6. The van der Waals surface area contributed by atoms with Crippen LogP contribution in [0.15, 0.2) is 42.5 Å². The number of hydrogen-bond acceptors (Lipinski definition) is 4. The summed E-state index contributed by atoms with van der Waals surface area (Å²) in [6, 6.07) is 14.1. The zero-order valence-corrected chi connectivity index (χ0v) is 12.7. The van der Waals surface area contributed by atoms with E-state index in [1.54, 1.807) is 18.2 Å². The molecule has 1 aliphatic heterocycles. The lowest BCUT2D eigenvalue weighted by Gasteiger charge is -2.21. The summed E-state index contributed by atoms with van der Waals surface area (Å²) in [5.74, 6) is 0.619. The normalized spacial score (nSPS) is 13.7. The van der Waals surface area contributed by atoms with Gasteiger partial charge in [0.15, 0.2) is 11.5 Å². The van der Waals surface area contributed by atoms with E-state index in [0.29, 0.717) is 30.3 Å². The molecule has 0 bridgehead atoms. The predicted molar refractivity (Wildman–Crippen MR) is 84.4 cm³/mol. The van der Waals surface area contributed by atoms with Crippen molar-refractivity contribution in [2.24, 2.45) is 0 Å². The molecule has 23 heavy (non-hydrogen) atoms. The van der Waals surface area contributed by atoms with E-state index >= 15 is 0 Å². The molecule has 116 valence electrons. The number of nitrogens with zero attached hydrogens (tertiary/aromatic N) is 1. The van der Waals surface area contributed by atoms with E-state index in [1.807, 2.05) is 31.2 Å². The number of carbonyl (C=O) groups excluding carboxylic acids is 1. The van der Waals surface area contributed by atoms with Gasteiger partial charge in [-0.15, -0.1) is 0 Å². The maximum atomic E-state index is 12.6. The van der Waals surface area contributed by atoms with Crippen molar-refractivity contribution in [1.82, 2.24) is 5.32 Å². The summed E-state index contributed by atoms with van der Waals surface area (Å²) < 4.78 is 11.0. The summed E-state index contributed by atoms with van der Waals surface area (Å²) in [6.07, 6.45) is 0. The molecule has 0 spiro atoms. The van der Waals surface area contributed by atoms with E-state index in [1.165, 1.54) is 0 Å². The van der Waals surface area contributed by atoms with Crippen molar-refractivity contribution < 1.29 is 14.3 Å². The molecule has 0 unspecified atom stereocenters. The van der Waals surface area contributed by atoms with Crippen molar-refractivity contribution in [3.8, 4) is 17.6 Å². The molecule has 1 aliphatic rings. The van der Waals surface area contributed by atoms with Gasteiger partial charge in [0.1, 0.15) is 19.3 Å². The lowest BCUT2D eigenvalue weighted by molar-refractivity contribution is 0.0934. The number of amides is 1. The fraction of sp³-hybridized carbons (Fsp3) is 0.222. The van der Waals surface area contributed by atoms with Crippen LogP contribution in [0.1, 0.15) is 27.5 Å². The van der Waals surface area contributed by atoms with Crippen LogP contribution in [0.2, 0.25) is 0 Å². The van der Waals surface area contributed by atoms with Crippen LogP contribution in [0.5, 0.6) is 11.5 Å². The number of fused-ring (bicyclic) bond motifs is 1. The molecule has 3 rings (SSSR count). The molecule has 0 fully saturated rings. The van der Waals surface area contributed by atoms with Gasteiger partial charge >= 0.3 is 0 Å². The summed E-state index contributed by atoms with van der Waals surface area (Å²) >= 11 is 0. The molecule has 2 aromatic rings. The van der Waals surface area contributed by atoms with Gasteiger partial charge in [0.25, 0.3) is 5.91 Å². The standard InChI is InChI=1S/C18H16N2O3/c1-12-5-2-3-6-13(12)15(11-19)20-18(21)14-7-4-8-16-17(14)23-10-9-22-16/h2-8,15H,9-10H2,1H3,(H,20,21)/t15-/m0/s1. The lowest BCUT2D eigenvalue weighted by Crippen LogP contribution is -2.29. The molecule has 0 aromatic heterocycles. The number of nitrogens with one attached hydrogen (secondary N) is 1. The Morgan fingerprint density at radius 1 is 1.17 bits per heavy atom. The fourth-order valence-corrected chi connectivity index (χ4v) is 2.55. The average molecular weight is 308 g/mol. The van der Waals surface area contributed by atoms with Crippen LogP contribution >= 0.6 is 0 Å². The number of carbonyl (C=O) groups is 1. The van der Waals surface area contributed by atoms with Crippen LogP contribution in [-0.2, 0) is 0 Å². The summed E-state index contributed by atoms with van der Waals surface area (Å²) in [5.41, 5.74) is 2.11. The summed E-state index contributed by atoms with van der Waals surface area (Å²) in [7, 11) is 0. The van der Waals surface area contributed by atoms with Gasteiger partial charge in [0.05, 0.1) is 11.6 Å². The van der Waals surface area contributed by atoms with Gasteiger partial charge in [0.2, 0.25) is 0 Å². The quantitative estimate of drug-likeness (QED) is 0.946. The van der Waals surface area contributed by atoms with Gasteiger partial charge in [-0.3, -0.25) is 4.79 Å². The number of hydrogen-bond donors (Lipinski definition) is 1. The van der Waals surface area contributed by atoms with E-state index in [2.05, 4.69) is 11.4 Å². The fourth-order valence-electron chi connectivity index (χ4n) is 2.55. The number of ether oxygens (including phenoxy) is 2. The Hall–Kier alpha value is -3.00. The highest BCUT2D eigenvalue weighted by molar-refractivity contribution is 5.98. The molecule has 0 radical (unpaired) electrons. The van der Waals surface area contributed by atoms with Gasteiger partial charge in [-0.1, -0.05) is 30.3 Å². The van der Waals surface area contributed by atoms with Crippen molar-refractivity contribution in [2.75, 3.05) is 13.2 Å². The molecule has 1 N–H and O–H groups in total. The third-order valence-electron chi connectivity index (χ3n) is 3.71. The SMILES string of the molecule is Cc1ccccc1[C@H](C#N)NC(=O)c1cccc2c1OCCO2. The molecule has 5 nitrogen and oxygen atoms in total. The lowest BCUT2D eigenvalue weighted by atomic mass is 10.0. The monoisotopic (exact) mass is 308 g/mol. The van der Waals surface area contributed by atoms with Gasteiger partial charge in [-0.25, -0.2) is 0 Å². The Bertz CT molecular complexity index is 780. The van der Waals surface area contributed by atoms with Crippen LogP contribution in [0.4, 0.5) is 0 Å². The molecule has 0 aliphatic carbocycles. The molecule has 0 saturated heterocycles. The van der Waals surface area contributed by atoms with Gasteiger partial charge in [0, 0.05) is 0 Å². The Morgan fingerprint density at radius 2 is 1.96 bits per heavy atom. The Balaban J connectivity index is 1.87. The number of rotatable bonds is 3. The summed E-state index contributed by atoms with van der Waals surface area (Å²) in [6.45, 7) is 2.77. The van der Waals surface area contributed by atoms with Crippen LogP contribution in [0, 0.1) is 18.3 Å². The van der Waals surface area contributed by atoms with Crippen molar-refractivity contribution >= 4 is 5.91 Å². The second kappa shape index (κ2) is 6.41. The van der Waals surface area contributed by atoms with Crippen molar-refractivity contribution in [2.45, 2.75) is 13.0 Å². The minimum absolute atomic E-state index is 0.359. The Labute approximate surface area is 134 Å². The molecule has 1 heterocycles. The van der Waals surface area contributed by atoms with Gasteiger partial charge < -0.3 is 14.8 Å². The molecule has 0 saturated carbocycles. The molecule has 5 heteroatoms. The Kier molecular flexibility index (Phi) is 4.15.